The summed E-state index contributed by atoms with van der Waals surface area (Å²) >= 11 is 0. The van der Waals surface area contributed by atoms with Crippen molar-refractivity contribution in [1.82, 2.24) is 0 Å². The lowest BCUT2D eigenvalue weighted by Crippen LogP contribution is -2.28. The Hall–Kier alpha value is -1.29. The first-order valence-electron chi connectivity index (χ1n) is 7.65. The van der Waals surface area contributed by atoms with E-state index in [-0.39, 0.29) is 5.41 Å². The highest BCUT2D eigenvalue weighted by Gasteiger charge is 2.35. The van der Waals surface area contributed by atoms with Gasteiger partial charge < -0.3 is 0 Å². The van der Waals surface area contributed by atoms with E-state index in [1.54, 1.807) is 0 Å². The van der Waals surface area contributed by atoms with Gasteiger partial charge in [0.2, 0.25) is 0 Å². The van der Waals surface area contributed by atoms with E-state index in [4.69, 9.17) is 0 Å². The number of aryl methyl sites for hydroxylation is 1. The summed E-state index contributed by atoms with van der Waals surface area (Å²) in [5.74, 6) is 0.864. The third kappa shape index (κ3) is 3.38. The zero-order valence-electron chi connectivity index (χ0n) is 12.3. The average Bonchev–Trinajstić information content (AvgIpc) is 2.44. The monoisotopic (exact) mass is 255 g/mol. The Kier molecular flexibility index (Phi) is 4.64. The van der Waals surface area contributed by atoms with Crippen molar-refractivity contribution >= 4 is 0 Å². The molecule has 0 atom stereocenters. The summed E-state index contributed by atoms with van der Waals surface area (Å²) in [6.45, 7) is 4.42. The van der Waals surface area contributed by atoms with E-state index < -0.39 is 0 Å². The second-order valence-electron chi connectivity index (χ2n) is 6.23. The first-order chi connectivity index (χ1) is 9.19. The second kappa shape index (κ2) is 6.24. The Balaban J connectivity index is 2.05. The maximum absolute atomic E-state index is 9.66. The Morgan fingerprint density at radius 3 is 2.53 bits per heavy atom. The number of hydrogen-bond acceptors (Lipinski definition) is 1. The van der Waals surface area contributed by atoms with Gasteiger partial charge in [0, 0.05) is 0 Å². The Bertz CT molecular complexity index is 447. The first-order valence-corrected chi connectivity index (χ1v) is 7.65. The number of hydrogen-bond donors (Lipinski definition) is 0. The van der Waals surface area contributed by atoms with E-state index in [1.165, 1.54) is 36.8 Å². The highest BCUT2D eigenvalue weighted by Crippen LogP contribution is 2.42. The molecule has 0 spiro atoms. The van der Waals surface area contributed by atoms with Gasteiger partial charge in [-0.25, -0.2) is 0 Å². The minimum Gasteiger partial charge on any atom is -0.198 e. The number of nitrogens with zero attached hydrogens (tertiary/aromatic N) is 1. The van der Waals surface area contributed by atoms with Crippen LogP contribution >= 0.6 is 0 Å². The molecule has 0 unspecified atom stereocenters. The van der Waals surface area contributed by atoms with Crippen LogP contribution in [0.2, 0.25) is 0 Å². The molecule has 2 rings (SSSR count). The molecule has 0 saturated heterocycles. The van der Waals surface area contributed by atoms with Gasteiger partial charge in [0.1, 0.15) is 0 Å². The van der Waals surface area contributed by atoms with Crippen molar-refractivity contribution in [2.75, 3.05) is 0 Å². The van der Waals surface area contributed by atoms with Crippen LogP contribution in [-0.2, 0) is 6.42 Å². The molecule has 0 N–H and O–H groups in total. The van der Waals surface area contributed by atoms with Crippen LogP contribution in [0.15, 0.2) is 24.3 Å². The lowest BCUT2D eigenvalue weighted by atomic mass is 9.67. The van der Waals surface area contributed by atoms with Crippen molar-refractivity contribution in [3.8, 4) is 6.07 Å². The summed E-state index contributed by atoms with van der Waals surface area (Å²) in [6, 6.07) is 11.2. The molecule has 0 bridgehead atoms. The Labute approximate surface area is 117 Å². The van der Waals surface area contributed by atoms with E-state index in [9.17, 15) is 5.26 Å². The maximum Gasteiger partial charge on any atom is 0.0693 e. The van der Waals surface area contributed by atoms with Crippen molar-refractivity contribution in [2.24, 2.45) is 11.3 Å². The van der Waals surface area contributed by atoms with Gasteiger partial charge in [-0.05, 0) is 56.1 Å². The van der Waals surface area contributed by atoms with E-state index >= 15 is 0 Å². The fraction of sp³-hybridized carbons (Fsp3) is 0.611. The molecule has 1 aliphatic carbocycles. The molecule has 1 saturated carbocycles. The van der Waals surface area contributed by atoms with Gasteiger partial charge in [-0.3, -0.25) is 0 Å². The van der Waals surface area contributed by atoms with Gasteiger partial charge in [-0.15, -0.1) is 0 Å². The molecule has 0 heterocycles. The van der Waals surface area contributed by atoms with Crippen molar-refractivity contribution in [1.29, 1.82) is 5.26 Å². The molecule has 0 aliphatic heterocycles. The summed E-state index contributed by atoms with van der Waals surface area (Å²) in [6.07, 6.45) is 8.22. The number of benzene rings is 1. The highest BCUT2D eigenvalue weighted by molar-refractivity contribution is 5.28. The smallest absolute Gasteiger partial charge is 0.0693 e. The van der Waals surface area contributed by atoms with Crippen LogP contribution in [-0.4, -0.2) is 0 Å². The molecule has 1 fully saturated rings. The third-order valence-electron chi connectivity index (χ3n) is 4.79. The summed E-state index contributed by atoms with van der Waals surface area (Å²) in [4.78, 5) is 0. The van der Waals surface area contributed by atoms with Crippen molar-refractivity contribution in [3.63, 3.8) is 0 Å². The molecule has 1 aliphatic rings. The lowest BCUT2D eigenvalue weighted by molar-refractivity contribution is 0.200. The molecule has 19 heavy (non-hydrogen) atoms. The van der Waals surface area contributed by atoms with Crippen LogP contribution in [0.4, 0.5) is 0 Å². The van der Waals surface area contributed by atoms with Gasteiger partial charge in [0.25, 0.3) is 0 Å². The van der Waals surface area contributed by atoms with Crippen molar-refractivity contribution in [3.05, 3.63) is 35.4 Å². The topological polar surface area (TPSA) is 23.8 Å². The standard InChI is InChI=1S/C18H25N/c1-3-6-16-9-11-18(14-19,12-10-16)13-17-8-5-4-7-15(17)2/h4-5,7-8,16H,3,6,9-13H2,1-2H3. The average molecular weight is 255 g/mol. The number of rotatable bonds is 4. The van der Waals surface area contributed by atoms with E-state index in [1.807, 2.05) is 0 Å². The van der Waals surface area contributed by atoms with E-state index in [0.29, 0.717) is 0 Å². The van der Waals surface area contributed by atoms with Gasteiger partial charge in [-0.2, -0.15) is 5.26 Å². The molecule has 0 radical (unpaired) electrons. The summed E-state index contributed by atoms with van der Waals surface area (Å²) < 4.78 is 0. The fourth-order valence-electron chi connectivity index (χ4n) is 3.43. The second-order valence-corrected chi connectivity index (χ2v) is 6.23. The third-order valence-corrected chi connectivity index (χ3v) is 4.79. The molecule has 0 amide bonds. The minimum absolute atomic E-state index is 0.101. The molecular weight excluding hydrogens is 230 g/mol. The van der Waals surface area contributed by atoms with Gasteiger partial charge in [0.05, 0.1) is 11.5 Å². The zero-order chi connectivity index (χ0) is 13.7. The van der Waals surface area contributed by atoms with Gasteiger partial charge >= 0.3 is 0 Å². The summed E-state index contributed by atoms with van der Waals surface area (Å²) in [5.41, 5.74) is 2.59. The normalized spacial score (nSPS) is 26.9. The predicted octanol–water partition coefficient (Wildman–Crippen LogP) is 5.04. The molecule has 102 valence electrons. The minimum atomic E-state index is -0.101. The van der Waals surface area contributed by atoms with Gasteiger partial charge in [-0.1, -0.05) is 44.0 Å². The lowest BCUT2D eigenvalue weighted by Gasteiger charge is -2.35. The molecule has 0 aromatic heterocycles. The SMILES string of the molecule is CCCC1CCC(C#N)(Cc2ccccc2C)CC1. The Morgan fingerprint density at radius 1 is 1.26 bits per heavy atom. The molecule has 1 heteroatoms. The Morgan fingerprint density at radius 2 is 1.95 bits per heavy atom. The molecule has 1 aromatic rings. The molecule has 1 aromatic carbocycles. The molecule has 1 nitrogen and oxygen atoms in total. The largest absolute Gasteiger partial charge is 0.198 e. The first kappa shape index (κ1) is 14.1. The van der Waals surface area contributed by atoms with Crippen molar-refractivity contribution in [2.45, 2.75) is 58.8 Å². The van der Waals surface area contributed by atoms with Crippen molar-refractivity contribution < 1.29 is 0 Å². The van der Waals surface area contributed by atoms with Crippen LogP contribution in [0, 0.1) is 29.6 Å². The van der Waals surface area contributed by atoms with Crippen LogP contribution in [0.5, 0.6) is 0 Å². The quantitative estimate of drug-likeness (QED) is 0.739. The van der Waals surface area contributed by atoms with Crippen LogP contribution in [0.25, 0.3) is 0 Å². The van der Waals surface area contributed by atoms with Gasteiger partial charge in [0.15, 0.2) is 0 Å². The van der Waals surface area contributed by atoms with E-state index in [0.717, 1.165) is 25.2 Å². The van der Waals surface area contributed by atoms with Crippen LogP contribution in [0.3, 0.4) is 0 Å². The zero-order valence-corrected chi connectivity index (χ0v) is 12.3. The summed E-state index contributed by atoms with van der Waals surface area (Å²) in [5, 5.41) is 9.66. The number of nitriles is 1. The highest BCUT2D eigenvalue weighted by atomic mass is 14.4. The fourth-order valence-corrected chi connectivity index (χ4v) is 3.43. The maximum atomic E-state index is 9.66. The summed E-state index contributed by atoms with van der Waals surface area (Å²) in [7, 11) is 0. The predicted molar refractivity (Wildman–Crippen MR) is 79.8 cm³/mol. The van der Waals surface area contributed by atoms with Crippen LogP contribution in [0.1, 0.15) is 56.6 Å². The van der Waals surface area contributed by atoms with Crippen LogP contribution < -0.4 is 0 Å². The van der Waals surface area contributed by atoms with E-state index in [2.05, 4.69) is 44.2 Å². The molecular formula is C18H25N.